The molecule has 0 N–H and O–H groups in total. The van der Waals surface area contributed by atoms with Crippen LogP contribution in [0.1, 0.15) is 52.7 Å². The molecule has 0 spiro atoms. The van der Waals surface area contributed by atoms with Crippen LogP contribution < -0.4 is 9.64 Å². The molecule has 9 rings (SSSR count). The normalized spacial score (nSPS) is 11.9. The molecule has 0 aliphatic heterocycles. The van der Waals surface area contributed by atoms with Crippen molar-refractivity contribution in [3.05, 3.63) is 204 Å². The van der Waals surface area contributed by atoms with E-state index >= 15 is 0 Å². The fourth-order valence-corrected chi connectivity index (χ4v) is 8.42. The number of para-hydroxylation sites is 2. The fourth-order valence-electron chi connectivity index (χ4n) is 8.23. The summed E-state index contributed by atoms with van der Waals surface area (Å²) < 4.78 is 9.32. The number of rotatable bonds is 8. The molecule has 8 aromatic carbocycles. The Morgan fingerprint density at radius 2 is 0.983 bits per heavy atom. The van der Waals surface area contributed by atoms with E-state index in [0.29, 0.717) is 5.02 Å². The van der Waals surface area contributed by atoms with E-state index in [1.165, 1.54) is 16.3 Å². The van der Waals surface area contributed by atoms with Crippen molar-refractivity contribution in [2.75, 3.05) is 4.90 Å². The smallest absolute Gasteiger partial charge is 0.129 e. The van der Waals surface area contributed by atoms with Crippen LogP contribution in [0.4, 0.5) is 17.1 Å². The van der Waals surface area contributed by atoms with Crippen molar-refractivity contribution in [3.8, 4) is 39.4 Å². The van der Waals surface area contributed by atoms with Gasteiger partial charge in [-0.15, -0.1) is 0 Å². The molecular formula is C56H49ClN2O. The molecule has 0 amide bonds. The van der Waals surface area contributed by atoms with Crippen LogP contribution in [0, 0.1) is 0 Å². The predicted molar refractivity (Wildman–Crippen MR) is 255 cm³/mol. The molecule has 9 aromatic rings. The maximum absolute atomic E-state index is 6.99. The topological polar surface area (TPSA) is 17.4 Å². The van der Waals surface area contributed by atoms with E-state index in [2.05, 4.69) is 221 Å². The van der Waals surface area contributed by atoms with Gasteiger partial charge >= 0.3 is 0 Å². The lowest BCUT2D eigenvalue weighted by molar-refractivity contribution is 0.478. The van der Waals surface area contributed by atoms with Gasteiger partial charge in [0.15, 0.2) is 0 Å². The van der Waals surface area contributed by atoms with Gasteiger partial charge in [-0.25, -0.2) is 0 Å². The average Bonchev–Trinajstić information content (AvgIpc) is 3.58. The molecule has 1 aromatic heterocycles. The molecule has 3 nitrogen and oxygen atoms in total. The van der Waals surface area contributed by atoms with Gasteiger partial charge in [-0.3, -0.25) is 0 Å². The van der Waals surface area contributed by atoms with E-state index < -0.39 is 0 Å². The largest absolute Gasteiger partial charge is 0.457 e. The Labute approximate surface area is 359 Å². The number of benzene rings is 8. The molecule has 0 aliphatic rings. The number of fused-ring (bicyclic) bond motifs is 3. The van der Waals surface area contributed by atoms with Crippen molar-refractivity contribution in [1.29, 1.82) is 0 Å². The lowest BCUT2D eigenvalue weighted by Crippen LogP contribution is -2.18. The Bertz CT molecular complexity index is 2870. The SMILES string of the molecule is CC(C)(C)c1cc(Oc2cccc(-n3c4ccccc4c4ccccc43)c2)cc(N(c2cccc(Cl)c2)c2c(-c3ccccc3)cc(C(C)(C)C)cc2-c2ccccc2)c1. The summed E-state index contributed by atoms with van der Waals surface area (Å²) in [4.78, 5) is 2.37. The maximum Gasteiger partial charge on any atom is 0.129 e. The second kappa shape index (κ2) is 15.6. The van der Waals surface area contributed by atoms with Crippen molar-refractivity contribution in [3.63, 3.8) is 0 Å². The summed E-state index contributed by atoms with van der Waals surface area (Å²) in [6, 6.07) is 66.7. The minimum Gasteiger partial charge on any atom is -0.457 e. The predicted octanol–water partition coefficient (Wildman–Crippen LogP) is 16.6. The molecule has 0 saturated heterocycles. The zero-order valence-electron chi connectivity index (χ0n) is 35.1. The minimum absolute atomic E-state index is 0.104. The van der Waals surface area contributed by atoms with Gasteiger partial charge in [0.2, 0.25) is 0 Å². The first-order chi connectivity index (χ1) is 28.9. The van der Waals surface area contributed by atoms with Crippen molar-refractivity contribution >= 4 is 50.5 Å². The second-order valence-electron chi connectivity index (χ2n) is 17.7. The molecule has 4 heteroatoms. The number of halogens is 1. The Balaban J connectivity index is 1.27. The molecule has 0 saturated carbocycles. The highest BCUT2D eigenvalue weighted by atomic mass is 35.5. The van der Waals surface area contributed by atoms with E-state index in [4.69, 9.17) is 16.3 Å². The lowest BCUT2D eigenvalue weighted by atomic mass is 9.81. The van der Waals surface area contributed by atoms with Crippen LogP contribution in [0.5, 0.6) is 11.5 Å². The van der Waals surface area contributed by atoms with Gasteiger partial charge in [-0.1, -0.05) is 162 Å². The van der Waals surface area contributed by atoms with E-state index in [9.17, 15) is 0 Å². The molecule has 0 atom stereocenters. The van der Waals surface area contributed by atoms with Crippen LogP contribution in [0.15, 0.2) is 188 Å². The average molecular weight is 801 g/mol. The zero-order chi connectivity index (χ0) is 41.6. The van der Waals surface area contributed by atoms with Crippen molar-refractivity contribution in [2.24, 2.45) is 0 Å². The van der Waals surface area contributed by atoms with Crippen LogP contribution in [-0.2, 0) is 10.8 Å². The van der Waals surface area contributed by atoms with Crippen molar-refractivity contribution in [2.45, 2.75) is 52.4 Å². The highest BCUT2D eigenvalue weighted by molar-refractivity contribution is 6.31. The van der Waals surface area contributed by atoms with E-state index in [1.807, 2.05) is 18.2 Å². The van der Waals surface area contributed by atoms with Gasteiger partial charge < -0.3 is 14.2 Å². The lowest BCUT2D eigenvalue weighted by Gasteiger charge is -2.33. The number of anilines is 3. The standard InChI is InChI=1S/C56H49ClN2O/c1-55(2,3)40-31-45(37-47(32-40)60-46-26-18-25-44(36-46)59-52-29-15-13-27-48(52)49-28-14-16-30-53(49)59)58(43-24-17-23-42(57)35-43)54-50(38-19-9-7-10-20-38)33-41(56(4,5)6)34-51(54)39-21-11-8-12-22-39/h7-37H,1-6H3. The minimum atomic E-state index is -0.195. The summed E-state index contributed by atoms with van der Waals surface area (Å²) in [6.45, 7) is 13.6. The summed E-state index contributed by atoms with van der Waals surface area (Å²) in [5, 5.41) is 3.11. The third-order valence-corrected chi connectivity index (χ3v) is 11.6. The Morgan fingerprint density at radius 3 is 1.55 bits per heavy atom. The number of aromatic nitrogens is 1. The highest BCUT2D eigenvalue weighted by Gasteiger charge is 2.28. The van der Waals surface area contributed by atoms with Gasteiger partial charge in [0, 0.05) is 50.4 Å². The van der Waals surface area contributed by atoms with Crippen LogP contribution in [0.3, 0.4) is 0 Å². The molecule has 0 fully saturated rings. The fraction of sp³-hybridized carbons (Fsp3) is 0.143. The van der Waals surface area contributed by atoms with Gasteiger partial charge in [-0.05, 0) is 99.8 Å². The summed E-state index contributed by atoms with van der Waals surface area (Å²) in [5.74, 6) is 1.50. The molecule has 0 unspecified atom stereocenters. The van der Waals surface area contributed by atoms with Gasteiger partial charge in [0.05, 0.1) is 22.4 Å². The van der Waals surface area contributed by atoms with Gasteiger partial charge in [-0.2, -0.15) is 0 Å². The van der Waals surface area contributed by atoms with Crippen LogP contribution in [0.25, 0.3) is 49.7 Å². The monoisotopic (exact) mass is 800 g/mol. The Morgan fingerprint density at radius 1 is 0.450 bits per heavy atom. The maximum atomic E-state index is 6.99. The summed E-state index contributed by atoms with van der Waals surface area (Å²) in [5.41, 5.74) is 13.0. The number of hydrogen-bond donors (Lipinski definition) is 0. The quantitative estimate of drug-likeness (QED) is 0.152. The molecular weight excluding hydrogens is 752 g/mol. The van der Waals surface area contributed by atoms with E-state index in [1.54, 1.807) is 0 Å². The molecule has 0 aliphatic carbocycles. The first-order valence-corrected chi connectivity index (χ1v) is 21.1. The van der Waals surface area contributed by atoms with E-state index in [-0.39, 0.29) is 10.8 Å². The van der Waals surface area contributed by atoms with Crippen molar-refractivity contribution < 1.29 is 4.74 Å². The van der Waals surface area contributed by atoms with Crippen LogP contribution >= 0.6 is 11.6 Å². The van der Waals surface area contributed by atoms with Crippen LogP contribution in [0.2, 0.25) is 5.02 Å². The third kappa shape index (κ3) is 7.58. The highest BCUT2D eigenvalue weighted by Crippen LogP contribution is 2.50. The summed E-state index contributed by atoms with van der Waals surface area (Å²) in [7, 11) is 0. The third-order valence-electron chi connectivity index (χ3n) is 11.3. The number of nitrogens with zero attached hydrogens (tertiary/aromatic N) is 2. The second-order valence-corrected chi connectivity index (χ2v) is 18.1. The molecule has 1 heterocycles. The Hall–Kier alpha value is -6.55. The summed E-state index contributed by atoms with van der Waals surface area (Å²) >= 11 is 6.88. The van der Waals surface area contributed by atoms with Crippen LogP contribution in [-0.4, -0.2) is 4.57 Å². The first-order valence-electron chi connectivity index (χ1n) is 20.7. The zero-order valence-corrected chi connectivity index (χ0v) is 35.8. The molecule has 296 valence electrons. The number of ether oxygens (including phenoxy) is 1. The molecule has 0 bridgehead atoms. The Kier molecular flexibility index (Phi) is 10.1. The van der Waals surface area contributed by atoms with Crippen molar-refractivity contribution in [1.82, 2.24) is 4.57 Å². The summed E-state index contributed by atoms with van der Waals surface area (Å²) in [6.07, 6.45) is 0. The van der Waals surface area contributed by atoms with Gasteiger partial charge in [0.1, 0.15) is 11.5 Å². The first kappa shape index (κ1) is 38.9. The number of hydrogen-bond acceptors (Lipinski definition) is 2. The van der Waals surface area contributed by atoms with Gasteiger partial charge in [0.25, 0.3) is 0 Å². The van der Waals surface area contributed by atoms with E-state index in [0.717, 1.165) is 73.1 Å². The molecule has 0 radical (unpaired) electrons. The molecule has 60 heavy (non-hydrogen) atoms.